The number of alkyl halides is 1. The molecular formula is C15H20ClN3O2. The Kier molecular flexibility index (Phi) is 5.87. The molecule has 6 heteroatoms. The van der Waals surface area contributed by atoms with Crippen LogP contribution in [0.2, 0.25) is 0 Å². The van der Waals surface area contributed by atoms with E-state index in [2.05, 4.69) is 17.0 Å². The zero-order valence-electron chi connectivity index (χ0n) is 12.4. The lowest BCUT2D eigenvalue weighted by molar-refractivity contribution is 0.279. The molecule has 5 nitrogen and oxygen atoms in total. The quantitative estimate of drug-likeness (QED) is 0.701. The van der Waals surface area contributed by atoms with Gasteiger partial charge in [0.25, 0.3) is 0 Å². The Morgan fingerprint density at radius 3 is 2.81 bits per heavy atom. The number of benzene rings is 1. The van der Waals surface area contributed by atoms with Gasteiger partial charge in [-0.3, -0.25) is 0 Å². The number of rotatable bonds is 8. The van der Waals surface area contributed by atoms with Crippen LogP contribution in [0.3, 0.4) is 0 Å². The highest BCUT2D eigenvalue weighted by molar-refractivity contribution is 6.17. The normalized spacial score (nSPS) is 10.6. The third-order valence-corrected chi connectivity index (χ3v) is 3.30. The summed E-state index contributed by atoms with van der Waals surface area (Å²) in [6.07, 6.45) is 2.50. The molecule has 0 fully saturated rings. The minimum Gasteiger partial charge on any atom is -0.493 e. The van der Waals surface area contributed by atoms with Crippen LogP contribution < -0.4 is 9.47 Å². The lowest BCUT2D eigenvalue weighted by Gasteiger charge is -2.12. The second kappa shape index (κ2) is 7.88. The largest absolute Gasteiger partial charge is 0.493 e. The van der Waals surface area contributed by atoms with E-state index in [0.29, 0.717) is 19.1 Å². The third-order valence-electron chi connectivity index (χ3n) is 3.01. The molecule has 2 aromatic rings. The lowest BCUT2D eigenvalue weighted by Crippen LogP contribution is -2.08. The van der Waals surface area contributed by atoms with Crippen molar-refractivity contribution in [1.29, 1.82) is 0 Å². The monoisotopic (exact) mass is 309 g/mol. The van der Waals surface area contributed by atoms with Crippen molar-refractivity contribution in [2.75, 3.05) is 6.61 Å². The van der Waals surface area contributed by atoms with E-state index in [1.165, 1.54) is 6.33 Å². The van der Waals surface area contributed by atoms with Gasteiger partial charge in [-0.2, -0.15) is 5.10 Å². The molecule has 0 saturated heterocycles. The van der Waals surface area contributed by atoms with Crippen LogP contribution in [0.25, 0.3) is 0 Å². The highest BCUT2D eigenvalue weighted by Crippen LogP contribution is 2.27. The molecule has 1 aromatic heterocycles. The Morgan fingerprint density at radius 2 is 2.10 bits per heavy atom. The summed E-state index contributed by atoms with van der Waals surface area (Å²) >= 11 is 5.95. The molecule has 0 atom stereocenters. The molecule has 1 aromatic carbocycles. The van der Waals surface area contributed by atoms with E-state index >= 15 is 0 Å². The first-order valence-corrected chi connectivity index (χ1v) is 7.63. The molecule has 0 radical (unpaired) electrons. The molecular weight excluding hydrogens is 290 g/mol. The first-order valence-electron chi connectivity index (χ1n) is 7.09. The number of halogens is 1. The van der Waals surface area contributed by atoms with Gasteiger partial charge in [0.05, 0.1) is 12.5 Å². The number of aromatic nitrogens is 3. The fraction of sp³-hybridized carbons (Fsp3) is 0.467. The van der Waals surface area contributed by atoms with Gasteiger partial charge in [-0.05, 0) is 19.4 Å². The lowest BCUT2D eigenvalue weighted by atomic mass is 10.2. The van der Waals surface area contributed by atoms with E-state index in [1.807, 2.05) is 25.1 Å². The summed E-state index contributed by atoms with van der Waals surface area (Å²) < 4.78 is 13.3. The van der Waals surface area contributed by atoms with Crippen LogP contribution in [0.1, 0.15) is 31.7 Å². The van der Waals surface area contributed by atoms with Gasteiger partial charge in [-0.1, -0.05) is 13.0 Å². The molecule has 0 amide bonds. The molecule has 21 heavy (non-hydrogen) atoms. The van der Waals surface area contributed by atoms with Gasteiger partial charge in [-0.25, -0.2) is 9.67 Å². The summed E-state index contributed by atoms with van der Waals surface area (Å²) in [4.78, 5) is 4.19. The van der Waals surface area contributed by atoms with Gasteiger partial charge >= 0.3 is 0 Å². The Bertz CT molecular complexity index is 572. The number of hydrogen-bond acceptors (Lipinski definition) is 4. The van der Waals surface area contributed by atoms with Gasteiger partial charge < -0.3 is 9.47 Å². The van der Waals surface area contributed by atoms with E-state index in [-0.39, 0.29) is 0 Å². The maximum absolute atomic E-state index is 5.95. The zero-order chi connectivity index (χ0) is 15.1. The summed E-state index contributed by atoms with van der Waals surface area (Å²) in [7, 11) is 0. The average molecular weight is 310 g/mol. The van der Waals surface area contributed by atoms with Gasteiger partial charge in [0.15, 0.2) is 5.82 Å². The van der Waals surface area contributed by atoms with Crippen molar-refractivity contribution in [2.45, 2.75) is 39.3 Å². The molecule has 0 aliphatic carbocycles. The molecule has 2 rings (SSSR count). The molecule has 0 spiro atoms. The number of hydrogen-bond donors (Lipinski definition) is 0. The van der Waals surface area contributed by atoms with Gasteiger partial charge in [0.1, 0.15) is 24.4 Å². The first kappa shape index (κ1) is 15.6. The smallest absolute Gasteiger partial charge is 0.164 e. The van der Waals surface area contributed by atoms with Crippen LogP contribution in [0, 0.1) is 0 Å². The van der Waals surface area contributed by atoms with Crippen LogP contribution in [0.15, 0.2) is 24.5 Å². The number of aryl methyl sites for hydroxylation is 1. The van der Waals surface area contributed by atoms with Crippen molar-refractivity contribution in [3.63, 3.8) is 0 Å². The van der Waals surface area contributed by atoms with Gasteiger partial charge in [-0.15, -0.1) is 11.6 Å². The van der Waals surface area contributed by atoms with E-state index in [0.717, 1.165) is 35.9 Å². The van der Waals surface area contributed by atoms with Crippen LogP contribution in [-0.4, -0.2) is 21.4 Å². The predicted molar refractivity (Wildman–Crippen MR) is 81.8 cm³/mol. The fourth-order valence-corrected chi connectivity index (χ4v) is 2.12. The molecule has 0 unspecified atom stereocenters. The summed E-state index contributed by atoms with van der Waals surface area (Å²) in [6, 6.07) is 5.71. The topological polar surface area (TPSA) is 49.2 Å². The van der Waals surface area contributed by atoms with Crippen molar-refractivity contribution in [2.24, 2.45) is 0 Å². The van der Waals surface area contributed by atoms with Gasteiger partial charge in [0, 0.05) is 18.2 Å². The minimum atomic E-state index is 0.356. The molecule has 1 heterocycles. The third kappa shape index (κ3) is 4.11. The molecule has 0 N–H and O–H groups in total. The van der Waals surface area contributed by atoms with Crippen LogP contribution >= 0.6 is 11.6 Å². The number of nitrogens with zero attached hydrogens (tertiary/aromatic N) is 3. The summed E-state index contributed by atoms with van der Waals surface area (Å²) in [5, 5.41) is 4.12. The van der Waals surface area contributed by atoms with Crippen molar-refractivity contribution in [3.05, 3.63) is 35.9 Å². The van der Waals surface area contributed by atoms with Crippen LogP contribution in [0.4, 0.5) is 0 Å². The fourth-order valence-electron chi connectivity index (χ4n) is 1.90. The first-order chi connectivity index (χ1) is 10.3. The highest BCUT2D eigenvalue weighted by Gasteiger charge is 2.08. The summed E-state index contributed by atoms with van der Waals surface area (Å²) in [5.74, 6) is 2.70. The van der Waals surface area contributed by atoms with E-state index in [9.17, 15) is 0 Å². The SMILES string of the molecule is CCCOc1ccc(CCl)c(OCc2ncnn2CC)c1. The molecule has 0 saturated carbocycles. The molecule has 0 aliphatic heterocycles. The van der Waals surface area contributed by atoms with Crippen LogP contribution in [-0.2, 0) is 19.0 Å². The van der Waals surface area contributed by atoms with Crippen molar-refractivity contribution < 1.29 is 9.47 Å². The van der Waals surface area contributed by atoms with Gasteiger partial charge in [0.2, 0.25) is 0 Å². The van der Waals surface area contributed by atoms with E-state index in [1.54, 1.807) is 4.68 Å². The average Bonchev–Trinajstić information content (AvgIpc) is 2.98. The predicted octanol–water partition coefficient (Wildman–Crippen LogP) is 3.40. The Labute approximate surface area is 129 Å². The van der Waals surface area contributed by atoms with Crippen molar-refractivity contribution >= 4 is 11.6 Å². The Hall–Kier alpha value is -1.75. The van der Waals surface area contributed by atoms with Crippen molar-refractivity contribution in [3.8, 4) is 11.5 Å². The maximum atomic E-state index is 5.95. The zero-order valence-corrected chi connectivity index (χ0v) is 13.1. The standard InChI is InChI=1S/C15H20ClN3O2/c1-3-7-20-13-6-5-12(9-16)14(8-13)21-10-15-17-11-18-19(15)4-2/h5-6,8,11H,3-4,7,9-10H2,1-2H3. The van der Waals surface area contributed by atoms with Crippen LogP contribution in [0.5, 0.6) is 11.5 Å². The molecule has 0 bridgehead atoms. The number of ether oxygens (including phenoxy) is 2. The molecule has 0 aliphatic rings. The Morgan fingerprint density at radius 1 is 1.24 bits per heavy atom. The Balaban J connectivity index is 2.09. The minimum absolute atomic E-state index is 0.356. The second-order valence-corrected chi connectivity index (χ2v) is 4.80. The molecule has 114 valence electrons. The van der Waals surface area contributed by atoms with E-state index in [4.69, 9.17) is 21.1 Å². The maximum Gasteiger partial charge on any atom is 0.164 e. The summed E-state index contributed by atoms with van der Waals surface area (Å²) in [5.41, 5.74) is 0.933. The summed E-state index contributed by atoms with van der Waals surface area (Å²) in [6.45, 7) is 5.89. The van der Waals surface area contributed by atoms with E-state index < -0.39 is 0 Å². The highest BCUT2D eigenvalue weighted by atomic mass is 35.5. The van der Waals surface area contributed by atoms with Crippen molar-refractivity contribution in [1.82, 2.24) is 14.8 Å². The second-order valence-electron chi connectivity index (χ2n) is 4.53.